The highest BCUT2D eigenvalue weighted by Gasteiger charge is 2.14. The fraction of sp³-hybridized carbons (Fsp3) is 0.385. The largest absolute Gasteiger partial charge is 0.350 e. The number of hydrogen-bond donors (Lipinski definition) is 1. The zero-order valence-electron chi connectivity index (χ0n) is 9.53. The molecule has 90 valence electrons. The number of allylic oxidation sites excluding steroid dienone is 2. The Labute approximate surface area is 109 Å². The molecule has 2 rings (SSSR count). The third-order valence-corrected chi connectivity index (χ3v) is 3.54. The second-order valence-electron chi connectivity index (χ2n) is 4.19. The molecule has 1 aliphatic carbocycles. The van der Waals surface area contributed by atoms with Gasteiger partial charge in [0, 0.05) is 17.2 Å². The number of halogens is 1. The zero-order chi connectivity index (χ0) is 12.1. The number of carbonyl (C=O) groups excluding carboxylic acids is 1. The van der Waals surface area contributed by atoms with Crippen LogP contribution >= 0.6 is 15.9 Å². The lowest BCUT2D eigenvalue weighted by molar-refractivity contribution is 0.0940. The van der Waals surface area contributed by atoms with Crippen molar-refractivity contribution in [2.45, 2.75) is 19.3 Å². The van der Waals surface area contributed by atoms with Crippen molar-refractivity contribution in [3.05, 3.63) is 40.6 Å². The van der Waals surface area contributed by atoms with E-state index < -0.39 is 0 Å². The lowest BCUT2D eigenvalue weighted by Gasteiger charge is -2.18. The molecule has 0 aliphatic heterocycles. The van der Waals surface area contributed by atoms with Gasteiger partial charge in [-0.25, -0.2) is 4.98 Å². The average Bonchev–Trinajstić information content (AvgIpc) is 2.38. The van der Waals surface area contributed by atoms with E-state index in [1.54, 1.807) is 12.3 Å². The number of nitrogens with zero attached hydrogens (tertiary/aromatic N) is 1. The molecule has 1 amide bonds. The predicted molar refractivity (Wildman–Crippen MR) is 70.8 cm³/mol. The molecule has 0 bridgehead atoms. The van der Waals surface area contributed by atoms with Crippen molar-refractivity contribution in [1.82, 2.24) is 10.3 Å². The van der Waals surface area contributed by atoms with Crippen LogP contribution in [0.4, 0.5) is 0 Å². The van der Waals surface area contributed by atoms with Crippen molar-refractivity contribution in [2.75, 3.05) is 6.54 Å². The molecule has 0 fully saturated rings. The van der Waals surface area contributed by atoms with E-state index in [9.17, 15) is 4.79 Å². The molecule has 17 heavy (non-hydrogen) atoms. The number of carbonyl (C=O) groups is 1. The quantitative estimate of drug-likeness (QED) is 0.871. The van der Waals surface area contributed by atoms with Gasteiger partial charge in [0.1, 0.15) is 5.69 Å². The van der Waals surface area contributed by atoms with E-state index in [1.165, 1.54) is 0 Å². The molecule has 1 heterocycles. The normalized spacial score (nSPS) is 19.0. The first kappa shape index (κ1) is 12.3. The smallest absolute Gasteiger partial charge is 0.271 e. The minimum atomic E-state index is -0.105. The van der Waals surface area contributed by atoms with Gasteiger partial charge in [0.05, 0.1) is 0 Å². The Morgan fingerprint density at radius 1 is 1.53 bits per heavy atom. The van der Waals surface area contributed by atoms with Crippen molar-refractivity contribution < 1.29 is 4.79 Å². The van der Waals surface area contributed by atoms with E-state index in [0.717, 1.165) is 30.3 Å². The maximum absolute atomic E-state index is 11.9. The fourth-order valence-electron chi connectivity index (χ4n) is 1.92. The molecule has 1 aromatic rings. The zero-order valence-corrected chi connectivity index (χ0v) is 11.1. The van der Waals surface area contributed by atoms with Crippen LogP contribution in [-0.4, -0.2) is 17.4 Å². The topological polar surface area (TPSA) is 42.0 Å². The lowest BCUT2D eigenvalue weighted by atomic mass is 9.94. The van der Waals surface area contributed by atoms with Gasteiger partial charge in [0.2, 0.25) is 0 Å². The molecule has 0 spiro atoms. The third-order valence-electron chi connectivity index (χ3n) is 2.90. The van der Waals surface area contributed by atoms with Crippen molar-refractivity contribution in [1.29, 1.82) is 0 Å². The van der Waals surface area contributed by atoms with E-state index >= 15 is 0 Å². The molecule has 3 nitrogen and oxygen atoms in total. The highest BCUT2D eigenvalue weighted by Crippen LogP contribution is 2.17. The van der Waals surface area contributed by atoms with Gasteiger partial charge in [-0.05, 0) is 53.2 Å². The SMILES string of the molecule is O=C(NCC1CC=CCC1)c1ncccc1Br. The second kappa shape index (κ2) is 5.96. The van der Waals surface area contributed by atoms with Gasteiger partial charge in [0.25, 0.3) is 5.91 Å². The summed E-state index contributed by atoms with van der Waals surface area (Å²) in [6.45, 7) is 0.728. The maximum Gasteiger partial charge on any atom is 0.271 e. The van der Waals surface area contributed by atoms with E-state index in [4.69, 9.17) is 0 Å². The molecule has 1 N–H and O–H groups in total. The van der Waals surface area contributed by atoms with Gasteiger partial charge in [-0.15, -0.1) is 0 Å². The first-order chi connectivity index (χ1) is 8.27. The van der Waals surface area contributed by atoms with Crippen LogP contribution in [-0.2, 0) is 0 Å². The summed E-state index contributed by atoms with van der Waals surface area (Å²) in [7, 11) is 0. The monoisotopic (exact) mass is 294 g/mol. The molecule has 0 saturated carbocycles. The van der Waals surface area contributed by atoms with Crippen LogP contribution in [0.3, 0.4) is 0 Å². The summed E-state index contributed by atoms with van der Waals surface area (Å²) in [6.07, 6.45) is 9.35. The highest BCUT2D eigenvalue weighted by molar-refractivity contribution is 9.10. The van der Waals surface area contributed by atoms with Gasteiger partial charge in [-0.2, -0.15) is 0 Å². The van der Waals surface area contributed by atoms with Crippen molar-refractivity contribution in [2.24, 2.45) is 5.92 Å². The van der Waals surface area contributed by atoms with E-state index in [-0.39, 0.29) is 5.91 Å². The maximum atomic E-state index is 11.9. The minimum absolute atomic E-state index is 0.105. The molecule has 1 atom stereocenters. The lowest BCUT2D eigenvalue weighted by Crippen LogP contribution is -2.30. The second-order valence-corrected chi connectivity index (χ2v) is 5.05. The van der Waals surface area contributed by atoms with Crippen LogP contribution in [0.2, 0.25) is 0 Å². The molecule has 0 radical (unpaired) electrons. The number of nitrogens with one attached hydrogen (secondary N) is 1. The highest BCUT2D eigenvalue weighted by atomic mass is 79.9. The Kier molecular flexibility index (Phi) is 4.31. The molecule has 4 heteroatoms. The number of rotatable bonds is 3. The van der Waals surface area contributed by atoms with Gasteiger partial charge < -0.3 is 5.32 Å². The summed E-state index contributed by atoms with van der Waals surface area (Å²) >= 11 is 3.33. The van der Waals surface area contributed by atoms with Crippen LogP contribution in [0.15, 0.2) is 35.0 Å². The first-order valence-corrected chi connectivity index (χ1v) is 6.60. The molecule has 1 aromatic heterocycles. The third kappa shape index (κ3) is 3.40. The summed E-state index contributed by atoms with van der Waals surface area (Å²) in [5.74, 6) is 0.457. The average molecular weight is 295 g/mol. The molecule has 0 saturated heterocycles. The van der Waals surface area contributed by atoms with Crippen molar-refractivity contribution >= 4 is 21.8 Å². The number of aromatic nitrogens is 1. The molecule has 1 aliphatic rings. The fourth-order valence-corrected chi connectivity index (χ4v) is 2.35. The van der Waals surface area contributed by atoms with Gasteiger partial charge in [-0.3, -0.25) is 4.79 Å². The Morgan fingerprint density at radius 3 is 3.12 bits per heavy atom. The summed E-state index contributed by atoms with van der Waals surface area (Å²) < 4.78 is 0.737. The van der Waals surface area contributed by atoms with Crippen LogP contribution in [0.5, 0.6) is 0 Å². The Hall–Kier alpha value is -1.16. The first-order valence-electron chi connectivity index (χ1n) is 5.81. The standard InChI is InChI=1S/C13H15BrN2O/c14-11-7-4-8-15-12(11)13(17)16-9-10-5-2-1-3-6-10/h1-2,4,7-8,10H,3,5-6,9H2,(H,16,17). The van der Waals surface area contributed by atoms with Crippen LogP contribution in [0.1, 0.15) is 29.8 Å². The number of hydrogen-bond acceptors (Lipinski definition) is 2. The van der Waals surface area contributed by atoms with E-state index in [1.807, 2.05) is 6.07 Å². The molecule has 0 aromatic carbocycles. The van der Waals surface area contributed by atoms with E-state index in [0.29, 0.717) is 11.6 Å². The Bertz CT molecular complexity index is 431. The summed E-state index contributed by atoms with van der Waals surface area (Å²) in [5.41, 5.74) is 0.457. The van der Waals surface area contributed by atoms with E-state index in [2.05, 4.69) is 38.4 Å². The number of pyridine rings is 1. The Morgan fingerprint density at radius 2 is 2.41 bits per heavy atom. The summed E-state index contributed by atoms with van der Waals surface area (Å²) in [4.78, 5) is 16.0. The minimum Gasteiger partial charge on any atom is -0.350 e. The summed E-state index contributed by atoms with van der Waals surface area (Å²) in [6, 6.07) is 3.62. The van der Waals surface area contributed by atoms with Crippen LogP contribution < -0.4 is 5.32 Å². The van der Waals surface area contributed by atoms with Crippen molar-refractivity contribution in [3.8, 4) is 0 Å². The molecular weight excluding hydrogens is 280 g/mol. The number of amides is 1. The summed E-state index contributed by atoms with van der Waals surface area (Å²) in [5, 5.41) is 2.94. The van der Waals surface area contributed by atoms with Gasteiger partial charge >= 0.3 is 0 Å². The molecule has 1 unspecified atom stereocenters. The molecular formula is C13H15BrN2O. The van der Waals surface area contributed by atoms with Crippen LogP contribution in [0.25, 0.3) is 0 Å². The van der Waals surface area contributed by atoms with Crippen molar-refractivity contribution in [3.63, 3.8) is 0 Å². The van der Waals surface area contributed by atoms with Gasteiger partial charge in [0.15, 0.2) is 0 Å². The predicted octanol–water partition coefficient (Wildman–Crippen LogP) is 2.93. The van der Waals surface area contributed by atoms with Crippen LogP contribution in [0, 0.1) is 5.92 Å². The van der Waals surface area contributed by atoms with Gasteiger partial charge in [-0.1, -0.05) is 12.2 Å². The Balaban J connectivity index is 1.89.